The van der Waals surface area contributed by atoms with Gasteiger partial charge >= 0.3 is 6.03 Å². The molecule has 4 aromatic rings. The Kier molecular flexibility index (Phi) is 9.31. The number of piperazine rings is 1. The maximum absolute atomic E-state index is 14.0. The van der Waals surface area contributed by atoms with Gasteiger partial charge in [0.1, 0.15) is 17.7 Å². The van der Waals surface area contributed by atoms with Crippen molar-refractivity contribution in [2.45, 2.75) is 19.1 Å². The Balaban J connectivity index is 1.25. The molecule has 12 nitrogen and oxygen atoms in total. The number of carbonyl (C=O) groups excluding carboxylic acids is 1. The molecule has 0 aliphatic carbocycles. The Morgan fingerprint density at radius 1 is 1.09 bits per heavy atom. The van der Waals surface area contributed by atoms with Gasteiger partial charge in [-0.25, -0.2) is 19.4 Å². The van der Waals surface area contributed by atoms with Crippen LogP contribution in [0.1, 0.15) is 17.2 Å². The van der Waals surface area contributed by atoms with Crippen molar-refractivity contribution in [2.24, 2.45) is 0 Å². The van der Waals surface area contributed by atoms with Crippen molar-refractivity contribution >= 4 is 17.7 Å². The summed E-state index contributed by atoms with van der Waals surface area (Å²) in [4.78, 5) is 32.7. The van der Waals surface area contributed by atoms with Crippen molar-refractivity contribution in [3.63, 3.8) is 0 Å². The normalized spacial score (nSPS) is 19.2. The average Bonchev–Trinajstić information content (AvgIpc) is 3.61. The number of anilines is 2. The number of urea groups is 1. The van der Waals surface area contributed by atoms with Gasteiger partial charge in [-0.1, -0.05) is 18.2 Å². The summed E-state index contributed by atoms with van der Waals surface area (Å²) in [6.45, 7) is 7.12. The van der Waals surface area contributed by atoms with Gasteiger partial charge in [-0.3, -0.25) is 10.2 Å². The molecule has 0 radical (unpaired) electrons. The van der Waals surface area contributed by atoms with E-state index in [1.807, 2.05) is 55.6 Å². The van der Waals surface area contributed by atoms with E-state index in [2.05, 4.69) is 32.5 Å². The predicted octanol–water partition coefficient (Wildman–Crippen LogP) is 3.65. The lowest BCUT2D eigenvalue weighted by atomic mass is 10.0. The summed E-state index contributed by atoms with van der Waals surface area (Å²) in [5.74, 6) is 0.848. The molecular formula is C32H38FN9O3. The molecular weight excluding hydrogens is 577 g/mol. The minimum atomic E-state index is -0.615. The van der Waals surface area contributed by atoms with Gasteiger partial charge in [0, 0.05) is 69.9 Å². The minimum absolute atomic E-state index is 0.388. The van der Waals surface area contributed by atoms with Crippen LogP contribution in [0.2, 0.25) is 0 Å². The van der Waals surface area contributed by atoms with Crippen LogP contribution in [-0.2, 0) is 9.57 Å². The van der Waals surface area contributed by atoms with Crippen LogP contribution >= 0.6 is 0 Å². The van der Waals surface area contributed by atoms with Crippen LogP contribution in [0.25, 0.3) is 16.9 Å². The minimum Gasteiger partial charge on any atom is -0.383 e. The number of nitrogens with one attached hydrogen (secondary N) is 2. The zero-order valence-electron chi connectivity index (χ0n) is 25.7. The second kappa shape index (κ2) is 13.7. The fourth-order valence-electron chi connectivity index (χ4n) is 5.67. The van der Waals surface area contributed by atoms with Gasteiger partial charge in [0.25, 0.3) is 0 Å². The van der Waals surface area contributed by atoms with Crippen LogP contribution < -0.4 is 15.5 Å². The monoisotopic (exact) mass is 615 g/mol. The summed E-state index contributed by atoms with van der Waals surface area (Å²) in [5.41, 5.74) is 3.73. The molecule has 2 aliphatic heterocycles. The molecule has 2 amide bonds. The first-order valence-electron chi connectivity index (χ1n) is 15.0. The number of hydrogen-bond donors (Lipinski definition) is 2. The topological polar surface area (TPSA) is 113 Å². The van der Waals surface area contributed by atoms with E-state index in [-0.39, 0.29) is 0 Å². The van der Waals surface area contributed by atoms with Gasteiger partial charge in [-0.15, -0.1) is 0 Å². The fraction of sp³-hybridized carbons (Fsp3) is 0.375. The fourth-order valence-corrected chi connectivity index (χ4v) is 5.67. The second-order valence-electron chi connectivity index (χ2n) is 11.3. The number of likely N-dealkylation sites (N-methyl/N-ethyl adjacent to an activating group) is 1. The van der Waals surface area contributed by atoms with Crippen molar-refractivity contribution in [1.29, 1.82) is 0 Å². The van der Waals surface area contributed by atoms with Crippen molar-refractivity contribution < 1.29 is 18.8 Å². The molecule has 1 aromatic carbocycles. The maximum Gasteiger partial charge on any atom is 0.320 e. The second-order valence-corrected chi connectivity index (χ2v) is 11.3. The Labute approximate surface area is 261 Å². The molecule has 236 valence electrons. The number of hydrogen-bond acceptors (Lipinski definition) is 9. The van der Waals surface area contributed by atoms with Crippen LogP contribution in [0.4, 0.5) is 20.8 Å². The van der Waals surface area contributed by atoms with E-state index < -0.39 is 24.1 Å². The molecule has 2 saturated heterocycles. The van der Waals surface area contributed by atoms with Crippen LogP contribution in [-0.4, -0.2) is 102 Å². The summed E-state index contributed by atoms with van der Waals surface area (Å²) in [6, 6.07) is 15.8. The number of carbonyl (C=O) groups is 1. The predicted molar refractivity (Wildman–Crippen MR) is 169 cm³/mol. The highest BCUT2D eigenvalue weighted by molar-refractivity contribution is 5.91. The van der Waals surface area contributed by atoms with Crippen molar-refractivity contribution in [2.75, 3.05) is 70.2 Å². The number of rotatable bonds is 9. The Morgan fingerprint density at radius 3 is 2.60 bits per heavy atom. The molecule has 45 heavy (non-hydrogen) atoms. The Bertz CT molecular complexity index is 1590. The highest BCUT2D eigenvalue weighted by Crippen LogP contribution is 2.32. The van der Waals surface area contributed by atoms with Gasteiger partial charge < -0.3 is 19.9 Å². The van der Waals surface area contributed by atoms with Gasteiger partial charge in [0.05, 0.1) is 24.0 Å². The molecule has 13 heteroatoms. The van der Waals surface area contributed by atoms with E-state index in [1.165, 1.54) is 12.3 Å². The first-order valence-corrected chi connectivity index (χ1v) is 15.0. The van der Waals surface area contributed by atoms with E-state index in [4.69, 9.17) is 19.7 Å². The maximum atomic E-state index is 14.0. The first-order chi connectivity index (χ1) is 21.9. The Hall–Kier alpha value is -4.43. The third kappa shape index (κ3) is 6.96. The van der Waals surface area contributed by atoms with E-state index in [1.54, 1.807) is 22.9 Å². The van der Waals surface area contributed by atoms with E-state index >= 15 is 0 Å². The quantitative estimate of drug-likeness (QED) is 0.273. The molecule has 5 heterocycles. The SMILES string of the molecule is COCCN1C[C@@H](NC(=O)Nc2c(C)c(-c3ccc(N4CCN(C)CC4)nc3)nn2-c2ccccc2)[C@H](c2ccnc(F)c2)O1. The standard InChI is InChI=1S/C32H38FN9O3/c1-22-29(24-9-10-28(35-20-24)40-15-13-39(2)14-16-40)38-42(25-7-5-4-6-8-25)31(22)37-32(43)36-26-21-41(17-18-44-3)45-30(26)23-11-12-34-27(33)19-23/h4-12,19-20,26,30H,13-18,21H2,1-3H3,(H2,36,37,43)/t26-,30+/m1/s1. The van der Waals surface area contributed by atoms with Gasteiger partial charge in [-0.05, 0) is 55.9 Å². The summed E-state index contributed by atoms with van der Waals surface area (Å²) in [6.07, 6.45) is 2.62. The van der Waals surface area contributed by atoms with Crippen LogP contribution in [0.5, 0.6) is 0 Å². The number of aromatic nitrogens is 4. The zero-order valence-corrected chi connectivity index (χ0v) is 25.7. The van der Waals surface area contributed by atoms with Crippen LogP contribution in [0.3, 0.4) is 0 Å². The van der Waals surface area contributed by atoms with Crippen LogP contribution in [0.15, 0.2) is 67.0 Å². The molecule has 3 aromatic heterocycles. The Morgan fingerprint density at radius 2 is 1.89 bits per heavy atom. The molecule has 0 spiro atoms. The van der Waals surface area contributed by atoms with E-state index in [0.717, 1.165) is 48.8 Å². The highest BCUT2D eigenvalue weighted by atomic mass is 19.1. The van der Waals surface area contributed by atoms with E-state index in [9.17, 15) is 9.18 Å². The smallest absolute Gasteiger partial charge is 0.320 e. The number of methoxy groups -OCH3 is 1. The summed E-state index contributed by atoms with van der Waals surface area (Å²) in [5, 5.41) is 12.7. The van der Waals surface area contributed by atoms with Gasteiger partial charge in [-0.2, -0.15) is 14.6 Å². The van der Waals surface area contributed by atoms with Gasteiger partial charge in [0.2, 0.25) is 5.95 Å². The zero-order chi connectivity index (χ0) is 31.3. The van der Waals surface area contributed by atoms with Crippen molar-refractivity contribution in [3.8, 4) is 16.9 Å². The molecule has 0 unspecified atom stereocenters. The largest absolute Gasteiger partial charge is 0.383 e. The molecule has 0 bridgehead atoms. The van der Waals surface area contributed by atoms with E-state index in [0.29, 0.717) is 36.8 Å². The molecule has 2 fully saturated rings. The van der Waals surface area contributed by atoms with Crippen molar-refractivity contribution in [1.82, 2.24) is 35.0 Å². The lowest BCUT2D eigenvalue weighted by molar-refractivity contribution is -0.154. The number of halogens is 1. The highest BCUT2D eigenvalue weighted by Gasteiger charge is 2.37. The number of nitrogens with zero attached hydrogens (tertiary/aromatic N) is 7. The van der Waals surface area contributed by atoms with Crippen LogP contribution in [0, 0.1) is 12.9 Å². The molecule has 6 rings (SSSR count). The number of hydroxylamine groups is 2. The first kappa shape index (κ1) is 30.6. The number of benzene rings is 1. The lowest BCUT2D eigenvalue weighted by Gasteiger charge is -2.33. The van der Waals surface area contributed by atoms with Crippen molar-refractivity contribution in [3.05, 3.63) is 84.1 Å². The molecule has 2 N–H and O–H groups in total. The third-order valence-electron chi connectivity index (χ3n) is 8.17. The number of para-hydroxylation sites is 1. The molecule has 2 aliphatic rings. The van der Waals surface area contributed by atoms with Gasteiger partial charge in [0.15, 0.2) is 0 Å². The number of amides is 2. The summed E-state index contributed by atoms with van der Waals surface area (Å²) in [7, 11) is 3.74. The molecule has 2 atom stereocenters. The number of pyridine rings is 2. The summed E-state index contributed by atoms with van der Waals surface area (Å²) >= 11 is 0. The summed E-state index contributed by atoms with van der Waals surface area (Å²) < 4.78 is 20.9. The third-order valence-corrected chi connectivity index (χ3v) is 8.17. The number of ether oxygens (including phenoxy) is 1. The molecule has 0 saturated carbocycles. The lowest BCUT2D eigenvalue weighted by Crippen LogP contribution is -2.44. The average molecular weight is 616 g/mol.